The van der Waals surface area contributed by atoms with Crippen LogP contribution in [0.1, 0.15) is 26.7 Å². The van der Waals surface area contributed by atoms with E-state index in [1.54, 1.807) is 11.8 Å². The standard InChI is InChI=1S/C16H22N2O4/c1-3-13-16(21)18(9-8-15(20)17-10-11(2)19)12-6-4-5-7-14(12)22-13/h4-7,11,13,19H,3,8-10H2,1-2H3,(H,17,20). The highest BCUT2D eigenvalue weighted by atomic mass is 16.5. The van der Waals surface area contributed by atoms with Gasteiger partial charge < -0.3 is 20.1 Å². The van der Waals surface area contributed by atoms with Crippen molar-refractivity contribution in [3.63, 3.8) is 0 Å². The minimum absolute atomic E-state index is 0.121. The van der Waals surface area contributed by atoms with Gasteiger partial charge in [0.1, 0.15) is 5.75 Å². The first-order valence-corrected chi connectivity index (χ1v) is 7.54. The Bertz CT molecular complexity index is 545. The number of carbonyl (C=O) groups excluding carboxylic acids is 2. The van der Waals surface area contributed by atoms with Crippen molar-refractivity contribution in [2.75, 3.05) is 18.0 Å². The molecule has 120 valence electrons. The van der Waals surface area contributed by atoms with Gasteiger partial charge in [-0.05, 0) is 25.5 Å². The van der Waals surface area contributed by atoms with Crippen LogP contribution in [0.2, 0.25) is 0 Å². The lowest BCUT2D eigenvalue weighted by Gasteiger charge is -2.33. The number of para-hydroxylation sites is 2. The summed E-state index contributed by atoms with van der Waals surface area (Å²) in [6.45, 7) is 4.00. The fourth-order valence-corrected chi connectivity index (χ4v) is 2.33. The first-order valence-electron chi connectivity index (χ1n) is 7.54. The van der Waals surface area contributed by atoms with Crippen LogP contribution in [0.3, 0.4) is 0 Å². The van der Waals surface area contributed by atoms with Gasteiger partial charge in [0.25, 0.3) is 5.91 Å². The lowest BCUT2D eigenvalue weighted by molar-refractivity contribution is -0.126. The Morgan fingerprint density at radius 3 is 2.86 bits per heavy atom. The number of aliphatic hydroxyl groups excluding tert-OH is 1. The maximum absolute atomic E-state index is 12.4. The topological polar surface area (TPSA) is 78.9 Å². The molecule has 2 rings (SSSR count). The molecule has 0 saturated carbocycles. The van der Waals surface area contributed by atoms with Crippen LogP contribution < -0.4 is 15.0 Å². The SMILES string of the molecule is CCC1Oc2ccccc2N(CCC(=O)NCC(C)O)C1=O. The van der Waals surface area contributed by atoms with Crippen LogP contribution in [0.25, 0.3) is 0 Å². The zero-order valence-electron chi connectivity index (χ0n) is 12.9. The predicted octanol–water partition coefficient (Wildman–Crippen LogP) is 1.08. The second kappa shape index (κ2) is 7.26. The van der Waals surface area contributed by atoms with E-state index in [1.807, 2.05) is 31.2 Å². The molecule has 1 heterocycles. The minimum atomic E-state index is -0.584. The van der Waals surface area contributed by atoms with Crippen LogP contribution in [-0.4, -0.2) is 42.2 Å². The van der Waals surface area contributed by atoms with Crippen molar-refractivity contribution in [2.24, 2.45) is 0 Å². The van der Waals surface area contributed by atoms with Gasteiger partial charge in [0.2, 0.25) is 5.91 Å². The van der Waals surface area contributed by atoms with E-state index in [9.17, 15) is 9.59 Å². The van der Waals surface area contributed by atoms with Gasteiger partial charge in [0.15, 0.2) is 6.10 Å². The molecule has 2 N–H and O–H groups in total. The molecule has 2 unspecified atom stereocenters. The minimum Gasteiger partial charge on any atom is -0.478 e. The smallest absolute Gasteiger partial charge is 0.268 e. The van der Waals surface area contributed by atoms with Gasteiger partial charge in [-0.15, -0.1) is 0 Å². The van der Waals surface area contributed by atoms with Crippen LogP contribution in [0.15, 0.2) is 24.3 Å². The van der Waals surface area contributed by atoms with Crippen molar-refractivity contribution in [3.8, 4) is 5.75 Å². The quantitative estimate of drug-likeness (QED) is 0.824. The van der Waals surface area contributed by atoms with Crippen molar-refractivity contribution in [1.82, 2.24) is 5.32 Å². The maximum atomic E-state index is 12.4. The van der Waals surface area contributed by atoms with E-state index in [0.29, 0.717) is 24.4 Å². The number of carbonyl (C=O) groups is 2. The molecule has 0 saturated heterocycles. The summed E-state index contributed by atoms with van der Waals surface area (Å²) in [7, 11) is 0. The number of nitrogens with zero attached hydrogens (tertiary/aromatic N) is 1. The molecule has 1 aromatic rings. The van der Waals surface area contributed by atoms with Crippen LogP contribution in [0, 0.1) is 0 Å². The van der Waals surface area contributed by atoms with Gasteiger partial charge in [0, 0.05) is 19.5 Å². The molecule has 1 aliphatic rings. The van der Waals surface area contributed by atoms with E-state index >= 15 is 0 Å². The normalized spacial score (nSPS) is 18.4. The molecule has 0 radical (unpaired) electrons. The monoisotopic (exact) mass is 306 g/mol. The second-order valence-corrected chi connectivity index (χ2v) is 5.38. The fraction of sp³-hybridized carbons (Fsp3) is 0.500. The number of benzene rings is 1. The number of aliphatic hydroxyl groups is 1. The summed E-state index contributed by atoms with van der Waals surface area (Å²) in [5.74, 6) is 0.355. The summed E-state index contributed by atoms with van der Waals surface area (Å²) >= 11 is 0. The molecule has 0 bridgehead atoms. The highest BCUT2D eigenvalue weighted by molar-refractivity contribution is 6.00. The van der Waals surface area contributed by atoms with E-state index in [-0.39, 0.29) is 24.8 Å². The van der Waals surface area contributed by atoms with Gasteiger partial charge in [-0.25, -0.2) is 0 Å². The lowest BCUT2D eigenvalue weighted by atomic mass is 10.1. The molecule has 1 aliphatic heterocycles. The number of hydrogen-bond acceptors (Lipinski definition) is 4. The lowest BCUT2D eigenvalue weighted by Crippen LogP contribution is -2.47. The maximum Gasteiger partial charge on any atom is 0.268 e. The zero-order chi connectivity index (χ0) is 16.1. The van der Waals surface area contributed by atoms with Crippen molar-refractivity contribution in [1.29, 1.82) is 0 Å². The summed E-state index contributed by atoms with van der Waals surface area (Å²) in [6, 6.07) is 7.33. The Balaban J connectivity index is 2.05. The summed E-state index contributed by atoms with van der Waals surface area (Å²) in [4.78, 5) is 25.8. The van der Waals surface area contributed by atoms with Crippen LogP contribution in [-0.2, 0) is 9.59 Å². The van der Waals surface area contributed by atoms with Gasteiger partial charge in [0.05, 0.1) is 11.8 Å². The molecule has 6 nitrogen and oxygen atoms in total. The number of ether oxygens (including phenoxy) is 1. The highest BCUT2D eigenvalue weighted by Crippen LogP contribution is 2.34. The third-order valence-corrected chi connectivity index (χ3v) is 3.49. The Kier molecular flexibility index (Phi) is 5.38. The third kappa shape index (κ3) is 3.76. The molecular weight excluding hydrogens is 284 g/mol. The van der Waals surface area contributed by atoms with Crippen LogP contribution >= 0.6 is 0 Å². The number of nitrogens with one attached hydrogen (secondary N) is 1. The molecular formula is C16H22N2O4. The molecule has 6 heteroatoms. The Morgan fingerprint density at radius 1 is 1.45 bits per heavy atom. The number of hydrogen-bond donors (Lipinski definition) is 2. The number of rotatable bonds is 6. The van der Waals surface area contributed by atoms with Gasteiger partial charge in [-0.2, -0.15) is 0 Å². The van der Waals surface area contributed by atoms with Gasteiger partial charge >= 0.3 is 0 Å². The molecule has 1 aromatic carbocycles. The molecule has 2 atom stereocenters. The van der Waals surface area contributed by atoms with E-state index in [1.165, 1.54) is 0 Å². The molecule has 0 aromatic heterocycles. The van der Waals surface area contributed by atoms with E-state index in [4.69, 9.17) is 9.84 Å². The Hall–Kier alpha value is -2.08. The molecule has 0 fully saturated rings. The molecule has 22 heavy (non-hydrogen) atoms. The van der Waals surface area contributed by atoms with E-state index in [0.717, 1.165) is 0 Å². The van der Waals surface area contributed by atoms with Crippen LogP contribution in [0.5, 0.6) is 5.75 Å². The van der Waals surface area contributed by atoms with Crippen molar-refractivity contribution >= 4 is 17.5 Å². The number of fused-ring (bicyclic) bond motifs is 1. The molecule has 2 amide bonds. The summed E-state index contributed by atoms with van der Waals surface area (Å²) in [5, 5.41) is 11.8. The van der Waals surface area contributed by atoms with Crippen LogP contribution in [0.4, 0.5) is 5.69 Å². The number of amides is 2. The Labute approximate surface area is 130 Å². The zero-order valence-corrected chi connectivity index (χ0v) is 12.9. The average molecular weight is 306 g/mol. The largest absolute Gasteiger partial charge is 0.478 e. The first kappa shape index (κ1) is 16.3. The average Bonchev–Trinajstić information content (AvgIpc) is 2.51. The van der Waals surface area contributed by atoms with Crippen molar-refractivity contribution < 1.29 is 19.4 Å². The number of anilines is 1. The molecule has 0 aliphatic carbocycles. The van der Waals surface area contributed by atoms with Gasteiger partial charge in [-0.1, -0.05) is 19.1 Å². The predicted molar refractivity (Wildman–Crippen MR) is 82.8 cm³/mol. The van der Waals surface area contributed by atoms with Crippen molar-refractivity contribution in [3.05, 3.63) is 24.3 Å². The van der Waals surface area contributed by atoms with Gasteiger partial charge in [-0.3, -0.25) is 9.59 Å². The summed E-state index contributed by atoms with van der Waals surface area (Å²) in [6.07, 6.45) is -0.323. The Morgan fingerprint density at radius 2 is 2.18 bits per heavy atom. The summed E-state index contributed by atoms with van der Waals surface area (Å²) < 4.78 is 5.68. The first-order chi connectivity index (χ1) is 10.5. The summed E-state index contributed by atoms with van der Waals surface area (Å²) in [5.41, 5.74) is 0.695. The van der Waals surface area contributed by atoms with E-state index in [2.05, 4.69) is 5.32 Å². The second-order valence-electron chi connectivity index (χ2n) is 5.38. The third-order valence-electron chi connectivity index (χ3n) is 3.49. The van der Waals surface area contributed by atoms with E-state index < -0.39 is 12.2 Å². The molecule has 0 spiro atoms. The van der Waals surface area contributed by atoms with Crippen molar-refractivity contribution in [2.45, 2.75) is 38.9 Å². The fourth-order valence-electron chi connectivity index (χ4n) is 2.33. The highest BCUT2D eigenvalue weighted by Gasteiger charge is 2.32.